The van der Waals surface area contributed by atoms with Crippen LogP contribution < -0.4 is 5.32 Å². The summed E-state index contributed by atoms with van der Waals surface area (Å²) in [7, 11) is 0. The van der Waals surface area contributed by atoms with Crippen molar-refractivity contribution in [2.24, 2.45) is 5.92 Å². The molecule has 0 aromatic carbocycles. The van der Waals surface area contributed by atoms with Crippen molar-refractivity contribution in [3.05, 3.63) is 0 Å². The summed E-state index contributed by atoms with van der Waals surface area (Å²) < 4.78 is 0. The van der Waals surface area contributed by atoms with Gasteiger partial charge in [-0.3, -0.25) is 14.5 Å². The van der Waals surface area contributed by atoms with Gasteiger partial charge in [0, 0.05) is 6.54 Å². The fraction of sp³-hybridized carbons (Fsp3) is 0.727. The van der Waals surface area contributed by atoms with Gasteiger partial charge < -0.3 is 10.4 Å². The Bertz CT molecular complexity index is 316. The Balaban J connectivity index is 2.19. The minimum Gasteiger partial charge on any atom is -0.481 e. The van der Waals surface area contributed by atoms with E-state index in [0.717, 1.165) is 0 Å². The van der Waals surface area contributed by atoms with Crippen LogP contribution in [-0.2, 0) is 9.59 Å². The number of hydrogen-bond acceptors (Lipinski definition) is 4. The number of likely N-dealkylation sites (tertiary alicyclic amines) is 1. The molecule has 1 amide bonds. The van der Waals surface area contributed by atoms with E-state index in [0.29, 0.717) is 38.9 Å². The molecule has 17 heavy (non-hydrogen) atoms. The van der Waals surface area contributed by atoms with Crippen LogP contribution >= 0.6 is 0 Å². The van der Waals surface area contributed by atoms with E-state index < -0.39 is 5.97 Å². The molecule has 1 fully saturated rings. The first kappa shape index (κ1) is 13.5. The molecule has 0 aliphatic carbocycles. The fourth-order valence-electron chi connectivity index (χ4n) is 1.85. The van der Waals surface area contributed by atoms with Crippen molar-refractivity contribution >= 4 is 11.9 Å². The topological polar surface area (TPSA) is 93.4 Å². The quantitative estimate of drug-likeness (QED) is 0.649. The highest BCUT2D eigenvalue weighted by Gasteiger charge is 2.25. The summed E-state index contributed by atoms with van der Waals surface area (Å²) in [6.07, 6.45) is 1.51. The molecular weight excluding hydrogens is 222 g/mol. The van der Waals surface area contributed by atoms with Crippen LogP contribution in [0.4, 0.5) is 0 Å². The van der Waals surface area contributed by atoms with Gasteiger partial charge in [-0.2, -0.15) is 5.26 Å². The van der Waals surface area contributed by atoms with Gasteiger partial charge in [0.1, 0.15) is 0 Å². The molecule has 6 heteroatoms. The Morgan fingerprint density at radius 2 is 2.06 bits per heavy atom. The summed E-state index contributed by atoms with van der Waals surface area (Å²) in [6.45, 7) is 1.95. The van der Waals surface area contributed by atoms with E-state index in [1.807, 2.05) is 11.0 Å². The van der Waals surface area contributed by atoms with Crippen LogP contribution in [0.15, 0.2) is 0 Å². The smallest absolute Gasteiger partial charge is 0.306 e. The number of nitrogens with zero attached hydrogens (tertiary/aromatic N) is 2. The Morgan fingerprint density at radius 1 is 1.41 bits per heavy atom. The van der Waals surface area contributed by atoms with Crippen LogP contribution in [0.5, 0.6) is 0 Å². The van der Waals surface area contributed by atoms with Gasteiger partial charge in [0.05, 0.1) is 25.0 Å². The summed E-state index contributed by atoms with van der Waals surface area (Å²) in [6, 6.07) is 1.95. The second-order valence-corrected chi connectivity index (χ2v) is 4.15. The molecule has 0 radical (unpaired) electrons. The third kappa shape index (κ3) is 4.83. The van der Waals surface area contributed by atoms with Crippen LogP contribution in [0, 0.1) is 17.2 Å². The summed E-state index contributed by atoms with van der Waals surface area (Å²) in [4.78, 5) is 24.1. The van der Waals surface area contributed by atoms with Gasteiger partial charge >= 0.3 is 5.97 Å². The predicted molar refractivity (Wildman–Crippen MR) is 60.0 cm³/mol. The van der Waals surface area contributed by atoms with E-state index in [4.69, 9.17) is 10.4 Å². The molecule has 0 atom stereocenters. The van der Waals surface area contributed by atoms with Gasteiger partial charge in [-0.15, -0.1) is 0 Å². The number of carbonyl (C=O) groups is 2. The molecule has 1 heterocycles. The van der Waals surface area contributed by atoms with E-state index >= 15 is 0 Å². The molecule has 0 saturated carbocycles. The largest absolute Gasteiger partial charge is 0.481 e. The van der Waals surface area contributed by atoms with Crippen molar-refractivity contribution in [3.63, 3.8) is 0 Å². The number of carboxylic acid groups (broad SMARTS) is 1. The average molecular weight is 239 g/mol. The first-order chi connectivity index (χ1) is 8.13. The molecule has 94 valence electrons. The lowest BCUT2D eigenvalue weighted by molar-refractivity contribution is -0.143. The van der Waals surface area contributed by atoms with Crippen LogP contribution in [-0.4, -0.2) is 48.1 Å². The number of aliphatic carboxylic acids is 1. The zero-order valence-electron chi connectivity index (χ0n) is 9.69. The lowest BCUT2D eigenvalue weighted by Crippen LogP contribution is -2.42. The van der Waals surface area contributed by atoms with Crippen molar-refractivity contribution in [1.82, 2.24) is 10.2 Å². The molecule has 1 saturated heterocycles. The third-order valence-electron chi connectivity index (χ3n) is 2.86. The van der Waals surface area contributed by atoms with E-state index in [2.05, 4.69) is 5.32 Å². The normalized spacial score (nSPS) is 17.4. The summed E-state index contributed by atoms with van der Waals surface area (Å²) in [5.74, 6) is -1.12. The maximum Gasteiger partial charge on any atom is 0.306 e. The second kappa shape index (κ2) is 6.86. The number of amides is 1. The summed E-state index contributed by atoms with van der Waals surface area (Å²) in [5, 5.41) is 19.8. The number of rotatable bonds is 5. The number of nitrogens with one attached hydrogen (secondary N) is 1. The minimum absolute atomic E-state index is 0.103. The molecule has 0 unspecified atom stereocenters. The monoisotopic (exact) mass is 239 g/mol. The van der Waals surface area contributed by atoms with Crippen molar-refractivity contribution in [2.75, 3.05) is 26.2 Å². The van der Waals surface area contributed by atoms with E-state index in [1.54, 1.807) is 0 Å². The molecule has 0 aromatic rings. The highest BCUT2D eigenvalue weighted by molar-refractivity contribution is 5.78. The number of carbonyl (C=O) groups excluding carboxylic acids is 1. The summed E-state index contributed by atoms with van der Waals surface area (Å²) >= 11 is 0. The standard InChI is InChI=1S/C11H17N3O3/c12-4-1-5-13-10(15)8-14-6-2-9(3-7-14)11(16)17/h9H,1-3,5-8H2,(H,13,15)(H,16,17). The molecule has 2 N–H and O–H groups in total. The molecule has 0 bridgehead atoms. The Morgan fingerprint density at radius 3 is 2.59 bits per heavy atom. The van der Waals surface area contributed by atoms with Crippen LogP contribution in [0.25, 0.3) is 0 Å². The van der Waals surface area contributed by atoms with E-state index in [-0.39, 0.29) is 18.4 Å². The molecule has 1 aliphatic rings. The molecule has 0 aromatic heterocycles. The van der Waals surface area contributed by atoms with Gasteiger partial charge in [-0.1, -0.05) is 0 Å². The van der Waals surface area contributed by atoms with Gasteiger partial charge in [0.15, 0.2) is 0 Å². The Labute approximate surface area is 100 Å². The first-order valence-electron chi connectivity index (χ1n) is 5.72. The van der Waals surface area contributed by atoms with Gasteiger partial charge in [-0.25, -0.2) is 0 Å². The average Bonchev–Trinajstić information content (AvgIpc) is 2.30. The Kier molecular flexibility index (Phi) is 5.43. The fourth-order valence-corrected chi connectivity index (χ4v) is 1.85. The summed E-state index contributed by atoms with van der Waals surface area (Å²) in [5.41, 5.74) is 0. The highest BCUT2D eigenvalue weighted by atomic mass is 16.4. The molecule has 0 spiro atoms. The highest BCUT2D eigenvalue weighted by Crippen LogP contribution is 2.16. The van der Waals surface area contributed by atoms with Gasteiger partial charge in [-0.05, 0) is 25.9 Å². The van der Waals surface area contributed by atoms with E-state index in [9.17, 15) is 9.59 Å². The zero-order valence-corrected chi connectivity index (χ0v) is 9.69. The van der Waals surface area contributed by atoms with Crippen LogP contribution in [0.2, 0.25) is 0 Å². The minimum atomic E-state index is -0.747. The van der Waals surface area contributed by atoms with Crippen molar-refractivity contribution in [1.29, 1.82) is 5.26 Å². The SMILES string of the molecule is N#CCCNC(=O)CN1CCC(C(=O)O)CC1. The predicted octanol–water partition coefficient (Wildman–Crippen LogP) is -0.187. The van der Waals surface area contributed by atoms with Crippen molar-refractivity contribution < 1.29 is 14.7 Å². The van der Waals surface area contributed by atoms with Crippen molar-refractivity contribution in [2.45, 2.75) is 19.3 Å². The molecule has 6 nitrogen and oxygen atoms in total. The lowest BCUT2D eigenvalue weighted by Gasteiger charge is -2.29. The van der Waals surface area contributed by atoms with Crippen LogP contribution in [0.1, 0.15) is 19.3 Å². The lowest BCUT2D eigenvalue weighted by atomic mass is 9.97. The molecule has 1 aliphatic heterocycles. The first-order valence-corrected chi connectivity index (χ1v) is 5.72. The van der Waals surface area contributed by atoms with Crippen molar-refractivity contribution in [3.8, 4) is 6.07 Å². The van der Waals surface area contributed by atoms with Gasteiger partial charge in [0.25, 0.3) is 0 Å². The van der Waals surface area contributed by atoms with E-state index in [1.165, 1.54) is 0 Å². The second-order valence-electron chi connectivity index (χ2n) is 4.15. The molecular formula is C11H17N3O3. The maximum atomic E-state index is 11.4. The number of piperidine rings is 1. The number of carboxylic acids is 1. The Hall–Kier alpha value is -1.61. The molecule has 1 rings (SSSR count). The number of nitriles is 1. The van der Waals surface area contributed by atoms with Crippen LogP contribution in [0.3, 0.4) is 0 Å². The maximum absolute atomic E-state index is 11.4. The van der Waals surface area contributed by atoms with Gasteiger partial charge in [0.2, 0.25) is 5.91 Å². The zero-order chi connectivity index (χ0) is 12.7. The third-order valence-corrected chi connectivity index (χ3v) is 2.86. The number of hydrogen-bond donors (Lipinski definition) is 2.